The lowest BCUT2D eigenvalue weighted by atomic mass is 10.2. The lowest BCUT2D eigenvalue weighted by molar-refractivity contribution is 0.0516. The van der Waals surface area contributed by atoms with E-state index in [1.165, 1.54) is 0 Å². The van der Waals surface area contributed by atoms with E-state index in [1.807, 2.05) is 27.1 Å². The lowest BCUT2D eigenvalue weighted by Gasteiger charge is -2.16. The molecule has 0 aromatic carbocycles. The third-order valence-electron chi connectivity index (χ3n) is 3.42. The summed E-state index contributed by atoms with van der Waals surface area (Å²) < 4.78 is 11.9. The molecule has 7 nitrogen and oxygen atoms in total. The molecule has 2 heterocycles. The van der Waals surface area contributed by atoms with E-state index in [-0.39, 0.29) is 5.97 Å². The first kappa shape index (κ1) is 16.2. The van der Waals surface area contributed by atoms with Crippen molar-refractivity contribution in [2.24, 2.45) is 7.05 Å². The van der Waals surface area contributed by atoms with Gasteiger partial charge in [-0.25, -0.2) is 4.79 Å². The first-order valence-electron chi connectivity index (χ1n) is 7.22. The van der Waals surface area contributed by atoms with Gasteiger partial charge < -0.3 is 9.26 Å². The number of aryl methyl sites for hydroxylation is 3. The van der Waals surface area contributed by atoms with E-state index < -0.39 is 0 Å². The number of nitrogens with zero attached hydrogens (tertiary/aromatic N) is 4. The Morgan fingerprint density at radius 3 is 2.73 bits per heavy atom. The van der Waals surface area contributed by atoms with Crippen molar-refractivity contribution >= 4 is 5.97 Å². The smallest absolute Gasteiger partial charge is 0.359 e. The number of carbonyl (C=O) groups is 1. The third-order valence-corrected chi connectivity index (χ3v) is 3.42. The molecule has 2 rings (SSSR count). The van der Waals surface area contributed by atoms with Crippen molar-refractivity contribution < 1.29 is 14.1 Å². The van der Waals surface area contributed by atoms with Crippen LogP contribution in [0.1, 0.15) is 40.0 Å². The molecule has 7 heteroatoms. The van der Waals surface area contributed by atoms with Gasteiger partial charge in [0.2, 0.25) is 0 Å². The Balaban J connectivity index is 2.11. The number of esters is 1. The van der Waals surface area contributed by atoms with Crippen molar-refractivity contribution in [1.29, 1.82) is 0 Å². The molecule has 0 atom stereocenters. The van der Waals surface area contributed by atoms with Gasteiger partial charge in [-0.15, -0.1) is 0 Å². The van der Waals surface area contributed by atoms with Crippen molar-refractivity contribution in [3.8, 4) is 0 Å². The Bertz CT molecular complexity index is 640. The summed E-state index contributed by atoms with van der Waals surface area (Å²) in [6.07, 6.45) is 1.84. The maximum absolute atomic E-state index is 11.9. The van der Waals surface area contributed by atoms with Crippen LogP contribution >= 0.6 is 0 Å². The molecule has 0 unspecified atom stereocenters. The highest BCUT2D eigenvalue weighted by atomic mass is 16.5. The third kappa shape index (κ3) is 3.54. The van der Waals surface area contributed by atoms with Crippen LogP contribution in [0.25, 0.3) is 0 Å². The summed E-state index contributed by atoms with van der Waals surface area (Å²) in [6, 6.07) is 0. The van der Waals surface area contributed by atoms with Gasteiger partial charge in [-0.2, -0.15) is 5.10 Å². The van der Waals surface area contributed by atoms with Gasteiger partial charge in [0.25, 0.3) is 0 Å². The molecule has 0 amide bonds. The molecule has 0 radical (unpaired) electrons. The highest BCUT2D eigenvalue weighted by Gasteiger charge is 2.19. The quantitative estimate of drug-likeness (QED) is 0.758. The Hall–Kier alpha value is -2.15. The van der Waals surface area contributed by atoms with Gasteiger partial charge in [-0.1, -0.05) is 5.16 Å². The maximum atomic E-state index is 11.9. The van der Waals surface area contributed by atoms with E-state index in [4.69, 9.17) is 9.26 Å². The Kier molecular flexibility index (Phi) is 4.97. The van der Waals surface area contributed by atoms with Crippen molar-refractivity contribution in [1.82, 2.24) is 19.8 Å². The SMILES string of the molecule is CCOC(=O)c1nn(C)cc1CN(C)Cc1c(C)noc1C. The second-order valence-corrected chi connectivity index (χ2v) is 5.37. The van der Waals surface area contributed by atoms with Crippen LogP contribution in [0.5, 0.6) is 0 Å². The Morgan fingerprint density at radius 2 is 2.14 bits per heavy atom. The van der Waals surface area contributed by atoms with E-state index in [0.29, 0.717) is 25.4 Å². The molecule has 0 bridgehead atoms. The van der Waals surface area contributed by atoms with Crippen LogP contribution in [0.15, 0.2) is 10.7 Å². The molecule has 0 aliphatic heterocycles. The zero-order valence-corrected chi connectivity index (χ0v) is 13.7. The van der Waals surface area contributed by atoms with Crippen LogP contribution < -0.4 is 0 Å². The molecule has 0 fully saturated rings. The molecule has 0 saturated carbocycles. The predicted octanol–water partition coefficient (Wildman–Crippen LogP) is 1.83. The Labute approximate surface area is 129 Å². The maximum Gasteiger partial charge on any atom is 0.359 e. The van der Waals surface area contributed by atoms with Gasteiger partial charge in [0.05, 0.1) is 12.3 Å². The van der Waals surface area contributed by atoms with Gasteiger partial charge in [0.15, 0.2) is 5.69 Å². The number of carbonyl (C=O) groups excluding carboxylic acids is 1. The van der Waals surface area contributed by atoms with Crippen molar-refractivity contribution in [3.63, 3.8) is 0 Å². The van der Waals surface area contributed by atoms with E-state index in [2.05, 4.69) is 15.2 Å². The molecule has 0 N–H and O–H groups in total. The largest absolute Gasteiger partial charge is 0.461 e. The van der Waals surface area contributed by atoms with Crippen molar-refractivity contribution in [3.05, 3.63) is 34.5 Å². The molecule has 0 aliphatic carbocycles. The highest BCUT2D eigenvalue weighted by molar-refractivity contribution is 5.88. The minimum atomic E-state index is -0.385. The van der Waals surface area contributed by atoms with E-state index in [9.17, 15) is 4.79 Å². The van der Waals surface area contributed by atoms with Gasteiger partial charge in [0.1, 0.15) is 5.76 Å². The van der Waals surface area contributed by atoms with Gasteiger partial charge in [-0.05, 0) is 27.8 Å². The van der Waals surface area contributed by atoms with Crippen LogP contribution in [-0.2, 0) is 24.9 Å². The molecule has 0 aliphatic rings. The molecule has 2 aromatic rings. The van der Waals surface area contributed by atoms with E-state index in [0.717, 1.165) is 22.6 Å². The first-order valence-corrected chi connectivity index (χ1v) is 7.22. The summed E-state index contributed by atoms with van der Waals surface area (Å²) in [5.41, 5.74) is 3.18. The van der Waals surface area contributed by atoms with Crippen LogP contribution in [-0.4, -0.2) is 39.5 Å². The number of aromatic nitrogens is 3. The summed E-state index contributed by atoms with van der Waals surface area (Å²) in [4.78, 5) is 14.0. The number of ether oxygens (including phenoxy) is 1. The predicted molar refractivity (Wildman–Crippen MR) is 80.3 cm³/mol. The van der Waals surface area contributed by atoms with Crippen molar-refractivity contribution in [2.45, 2.75) is 33.9 Å². The molecular formula is C15H22N4O3. The summed E-state index contributed by atoms with van der Waals surface area (Å²) in [6.45, 7) is 7.23. The normalized spacial score (nSPS) is 11.2. The highest BCUT2D eigenvalue weighted by Crippen LogP contribution is 2.17. The van der Waals surface area contributed by atoms with E-state index in [1.54, 1.807) is 18.7 Å². The summed E-state index contributed by atoms with van der Waals surface area (Å²) in [5.74, 6) is 0.435. The zero-order valence-electron chi connectivity index (χ0n) is 13.7. The monoisotopic (exact) mass is 306 g/mol. The van der Waals surface area contributed by atoms with Gasteiger partial charge >= 0.3 is 5.97 Å². The standard InChI is InChI=1S/C15H22N4O3/c1-6-21-15(20)14-12(8-19(5)16-14)7-18(4)9-13-10(2)17-22-11(13)3/h8H,6-7,9H2,1-5H3. The molecule has 22 heavy (non-hydrogen) atoms. The van der Waals surface area contributed by atoms with Crippen LogP contribution in [0.2, 0.25) is 0 Å². The Morgan fingerprint density at radius 1 is 1.41 bits per heavy atom. The minimum Gasteiger partial charge on any atom is -0.461 e. The minimum absolute atomic E-state index is 0.337. The number of hydrogen-bond donors (Lipinski definition) is 0. The van der Waals surface area contributed by atoms with E-state index >= 15 is 0 Å². The second kappa shape index (κ2) is 6.74. The van der Waals surface area contributed by atoms with Crippen LogP contribution in [0.4, 0.5) is 0 Å². The van der Waals surface area contributed by atoms with Gasteiger partial charge in [-0.3, -0.25) is 9.58 Å². The molecule has 120 valence electrons. The van der Waals surface area contributed by atoms with Crippen molar-refractivity contribution in [2.75, 3.05) is 13.7 Å². The van der Waals surface area contributed by atoms with Crippen LogP contribution in [0.3, 0.4) is 0 Å². The fourth-order valence-corrected chi connectivity index (χ4v) is 2.37. The topological polar surface area (TPSA) is 73.4 Å². The fourth-order valence-electron chi connectivity index (χ4n) is 2.37. The van der Waals surface area contributed by atoms with Gasteiger partial charge in [0, 0.05) is 37.5 Å². The fraction of sp³-hybridized carbons (Fsp3) is 0.533. The summed E-state index contributed by atoms with van der Waals surface area (Å²) in [7, 11) is 3.77. The average molecular weight is 306 g/mol. The molecule has 0 saturated heterocycles. The molecular weight excluding hydrogens is 284 g/mol. The number of rotatable bonds is 6. The first-order chi connectivity index (χ1) is 10.4. The second-order valence-electron chi connectivity index (χ2n) is 5.37. The lowest BCUT2D eigenvalue weighted by Crippen LogP contribution is -2.19. The summed E-state index contributed by atoms with van der Waals surface area (Å²) >= 11 is 0. The molecule has 2 aromatic heterocycles. The average Bonchev–Trinajstić information content (AvgIpc) is 2.96. The number of hydrogen-bond acceptors (Lipinski definition) is 6. The van der Waals surface area contributed by atoms with Crippen LogP contribution in [0, 0.1) is 13.8 Å². The zero-order chi connectivity index (χ0) is 16.3. The summed E-state index contributed by atoms with van der Waals surface area (Å²) in [5, 5.41) is 8.16. The molecule has 0 spiro atoms.